The first-order valence-electron chi connectivity index (χ1n) is 6.31. The molecule has 0 spiro atoms. The number of fused-ring (bicyclic) bond motifs is 1. The van der Waals surface area contributed by atoms with Crippen LogP contribution in [0.25, 0.3) is 0 Å². The van der Waals surface area contributed by atoms with Crippen LogP contribution in [0.2, 0.25) is 0 Å². The van der Waals surface area contributed by atoms with Crippen LogP contribution in [0.5, 0.6) is 0 Å². The fraction of sp³-hybridized carbons (Fsp3) is 0.308. The van der Waals surface area contributed by atoms with Gasteiger partial charge >= 0.3 is 6.09 Å². The van der Waals surface area contributed by atoms with Crippen LogP contribution >= 0.6 is 0 Å². The molecule has 1 aliphatic heterocycles. The van der Waals surface area contributed by atoms with Crippen molar-refractivity contribution in [2.75, 3.05) is 18.6 Å². The normalized spacial score (nSPS) is 15.6. The molecule has 0 radical (unpaired) electrons. The van der Waals surface area contributed by atoms with Gasteiger partial charge in [-0.25, -0.2) is 13.2 Å². The molecule has 1 aromatic rings. The Labute approximate surface area is 126 Å². The minimum atomic E-state index is -3.49. The fourth-order valence-corrected chi connectivity index (χ4v) is 3.23. The van der Waals surface area contributed by atoms with Crippen LogP contribution in [0, 0.1) is 0 Å². The molecule has 1 atom stereocenters. The number of amides is 3. The lowest BCUT2D eigenvalue weighted by Gasteiger charge is -2.21. The summed E-state index contributed by atoms with van der Waals surface area (Å²) in [5.74, 6) is -1.63. The third kappa shape index (κ3) is 3.42. The number of carbonyl (C=O) groups is 3. The Kier molecular flexibility index (Phi) is 4.18. The number of benzene rings is 1. The molecule has 0 fully saturated rings. The molecule has 0 aliphatic carbocycles. The molecule has 2 rings (SSSR count). The number of imide groups is 1. The minimum absolute atomic E-state index is 0.223. The second-order valence-electron chi connectivity index (χ2n) is 5.01. The number of nitrogens with one attached hydrogen (secondary N) is 1. The monoisotopic (exact) mass is 326 g/mol. The van der Waals surface area contributed by atoms with E-state index >= 15 is 0 Å². The van der Waals surface area contributed by atoms with E-state index in [0.717, 1.165) is 11.2 Å². The highest BCUT2D eigenvalue weighted by Gasteiger charge is 2.37. The highest BCUT2D eigenvalue weighted by atomic mass is 32.2. The molecule has 22 heavy (non-hydrogen) atoms. The first-order chi connectivity index (χ1) is 10.2. The first kappa shape index (κ1) is 16.0. The van der Waals surface area contributed by atoms with Gasteiger partial charge in [-0.1, -0.05) is 12.1 Å². The Morgan fingerprint density at radius 1 is 1.23 bits per heavy atom. The molecular weight excluding hydrogens is 312 g/mol. The number of hydrogen-bond acceptors (Lipinski definition) is 5. The van der Waals surface area contributed by atoms with Crippen LogP contribution < -0.4 is 5.32 Å². The van der Waals surface area contributed by atoms with Gasteiger partial charge in [-0.05, 0) is 12.1 Å². The van der Waals surface area contributed by atoms with Crippen molar-refractivity contribution in [3.8, 4) is 0 Å². The molecule has 9 heteroatoms. The number of sulfone groups is 1. The third-order valence-corrected chi connectivity index (χ3v) is 4.12. The molecule has 8 nitrogen and oxygen atoms in total. The van der Waals surface area contributed by atoms with Crippen LogP contribution in [0.3, 0.4) is 0 Å². The average molecular weight is 326 g/mol. The van der Waals surface area contributed by atoms with Crippen LogP contribution in [-0.4, -0.2) is 60.9 Å². The predicted molar refractivity (Wildman–Crippen MR) is 76.5 cm³/mol. The molecule has 0 saturated carbocycles. The first-order valence-corrected chi connectivity index (χ1v) is 8.37. The SMILES string of the molecule is CS(=O)(=O)CC(CN1C(=O)c2ccccc2C1=O)NC(=O)O. The topological polar surface area (TPSA) is 121 Å². The Hall–Kier alpha value is -2.42. The summed E-state index contributed by atoms with van der Waals surface area (Å²) in [6.07, 6.45) is -0.475. The summed E-state index contributed by atoms with van der Waals surface area (Å²) in [6, 6.07) is 5.11. The molecule has 0 aromatic heterocycles. The van der Waals surface area contributed by atoms with Crippen molar-refractivity contribution in [1.29, 1.82) is 0 Å². The number of nitrogens with zero attached hydrogens (tertiary/aromatic N) is 1. The number of carboxylic acid groups (broad SMARTS) is 1. The summed E-state index contributed by atoms with van der Waals surface area (Å²) in [4.78, 5) is 36.0. The van der Waals surface area contributed by atoms with E-state index in [2.05, 4.69) is 0 Å². The lowest BCUT2D eigenvalue weighted by atomic mass is 10.1. The molecule has 1 aliphatic rings. The zero-order valence-corrected chi connectivity index (χ0v) is 12.5. The average Bonchev–Trinajstić information content (AvgIpc) is 2.62. The fourth-order valence-electron chi connectivity index (χ4n) is 2.31. The maximum absolute atomic E-state index is 12.2. The molecular formula is C13H14N2O6S. The summed E-state index contributed by atoms with van der Waals surface area (Å²) in [7, 11) is -3.49. The maximum atomic E-state index is 12.2. The van der Waals surface area contributed by atoms with Crippen molar-refractivity contribution in [2.24, 2.45) is 0 Å². The van der Waals surface area contributed by atoms with E-state index in [0.29, 0.717) is 0 Å². The van der Waals surface area contributed by atoms with E-state index in [9.17, 15) is 22.8 Å². The van der Waals surface area contributed by atoms with Crippen molar-refractivity contribution in [2.45, 2.75) is 6.04 Å². The van der Waals surface area contributed by atoms with E-state index in [1.165, 1.54) is 12.1 Å². The van der Waals surface area contributed by atoms with Gasteiger partial charge in [0, 0.05) is 6.26 Å². The highest BCUT2D eigenvalue weighted by Crippen LogP contribution is 2.22. The van der Waals surface area contributed by atoms with Crippen molar-refractivity contribution >= 4 is 27.7 Å². The lowest BCUT2D eigenvalue weighted by Crippen LogP contribution is -2.48. The van der Waals surface area contributed by atoms with Crippen LogP contribution in [0.4, 0.5) is 4.79 Å². The smallest absolute Gasteiger partial charge is 0.404 e. The van der Waals surface area contributed by atoms with Gasteiger partial charge in [0.05, 0.1) is 29.5 Å². The third-order valence-electron chi connectivity index (χ3n) is 3.11. The summed E-state index contributed by atoms with van der Waals surface area (Å²) >= 11 is 0. The van der Waals surface area contributed by atoms with Gasteiger partial charge < -0.3 is 10.4 Å². The van der Waals surface area contributed by atoms with E-state index in [-0.39, 0.29) is 17.7 Å². The summed E-state index contributed by atoms with van der Waals surface area (Å²) < 4.78 is 22.7. The summed E-state index contributed by atoms with van der Waals surface area (Å²) in [5, 5.41) is 10.8. The van der Waals surface area contributed by atoms with E-state index < -0.39 is 39.5 Å². The van der Waals surface area contributed by atoms with E-state index in [4.69, 9.17) is 5.11 Å². The molecule has 0 saturated heterocycles. The Balaban J connectivity index is 2.22. The molecule has 1 heterocycles. The van der Waals surface area contributed by atoms with Crippen LogP contribution in [0.1, 0.15) is 20.7 Å². The minimum Gasteiger partial charge on any atom is -0.465 e. The van der Waals surface area contributed by atoms with Crippen molar-refractivity contribution in [3.05, 3.63) is 35.4 Å². The van der Waals surface area contributed by atoms with Gasteiger partial charge in [-0.15, -0.1) is 0 Å². The zero-order chi connectivity index (χ0) is 16.5. The van der Waals surface area contributed by atoms with E-state index in [1.54, 1.807) is 12.1 Å². The van der Waals surface area contributed by atoms with Crippen molar-refractivity contribution < 1.29 is 27.9 Å². The summed E-state index contributed by atoms with van der Waals surface area (Å²) in [6.45, 7) is -0.342. The molecule has 0 bridgehead atoms. The largest absolute Gasteiger partial charge is 0.465 e. The Morgan fingerprint density at radius 3 is 2.14 bits per heavy atom. The molecule has 3 amide bonds. The molecule has 1 unspecified atom stereocenters. The second kappa shape index (κ2) is 5.76. The zero-order valence-electron chi connectivity index (χ0n) is 11.6. The van der Waals surface area contributed by atoms with Gasteiger partial charge in [0.15, 0.2) is 0 Å². The highest BCUT2D eigenvalue weighted by molar-refractivity contribution is 7.90. The van der Waals surface area contributed by atoms with Gasteiger partial charge in [0.1, 0.15) is 9.84 Å². The van der Waals surface area contributed by atoms with Crippen LogP contribution in [-0.2, 0) is 9.84 Å². The van der Waals surface area contributed by atoms with Crippen molar-refractivity contribution in [1.82, 2.24) is 10.2 Å². The molecule has 118 valence electrons. The van der Waals surface area contributed by atoms with E-state index in [1.807, 2.05) is 5.32 Å². The van der Waals surface area contributed by atoms with Gasteiger partial charge in [0.2, 0.25) is 0 Å². The number of hydrogen-bond donors (Lipinski definition) is 2. The second-order valence-corrected chi connectivity index (χ2v) is 7.19. The lowest BCUT2D eigenvalue weighted by molar-refractivity contribution is 0.0639. The maximum Gasteiger partial charge on any atom is 0.404 e. The van der Waals surface area contributed by atoms with Gasteiger partial charge in [-0.2, -0.15) is 0 Å². The quantitative estimate of drug-likeness (QED) is 0.733. The standard InChI is InChI=1S/C13H14N2O6S/c1-22(20,21)7-8(14-13(18)19)6-15-11(16)9-4-2-3-5-10(9)12(15)17/h2-5,8,14H,6-7H2,1H3,(H,18,19). The predicted octanol–water partition coefficient (Wildman–Crippen LogP) is -0.0366. The van der Waals surface area contributed by atoms with Crippen molar-refractivity contribution in [3.63, 3.8) is 0 Å². The number of rotatable bonds is 5. The van der Waals surface area contributed by atoms with Gasteiger partial charge in [0.25, 0.3) is 11.8 Å². The van der Waals surface area contributed by atoms with Crippen LogP contribution in [0.15, 0.2) is 24.3 Å². The van der Waals surface area contributed by atoms with Gasteiger partial charge in [-0.3, -0.25) is 14.5 Å². The Morgan fingerprint density at radius 2 is 1.73 bits per heavy atom. The number of carbonyl (C=O) groups excluding carboxylic acids is 2. The molecule has 2 N–H and O–H groups in total. The Bertz CT molecular complexity index is 708. The molecule has 1 aromatic carbocycles. The summed E-state index contributed by atoms with van der Waals surface area (Å²) in [5.41, 5.74) is 0.446.